The highest BCUT2D eigenvalue weighted by molar-refractivity contribution is 9.10. The first-order chi connectivity index (χ1) is 12.5. The molecule has 1 N–H and O–H groups in total. The van der Waals surface area contributed by atoms with E-state index in [1.54, 1.807) is 16.8 Å². The van der Waals surface area contributed by atoms with Crippen LogP contribution in [0.25, 0.3) is 5.69 Å². The summed E-state index contributed by atoms with van der Waals surface area (Å²) in [6.45, 7) is 2.02. The van der Waals surface area contributed by atoms with Crippen LogP contribution in [-0.2, 0) is 22.3 Å². The number of hydrogen-bond acceptors (Lipinski definition) is 3. The van der Waals surface area contributed by atoms with E-state index in [0.717, 1.165) is 27.0 Å². The lowest BCUT2D eigenvalue weighted by atomic mass is 10.2. The second-order valence-electron chi connectivity index (χ2n) is 6.21. The lowest BCUT2D eigenvalue weighted by molar-refractivity contribution is 0.102. The van der Waals surface area contributed by atoms with Gasteiger partial charge in [-0.1, -0.05) is 33.6 Å². The Labute approximate surface area is 162 Å². The molecule has 1 aromatic heterocycles. The van der Waals surface area contributed by atoms with Gasteiger partial charge in [-0.25, -0.2) is 4.68 Å². The third-order valence-electron chi connectivity index (χ3n) is 4.29. The predicted octanol–water partition coefficient (Wildman–Crippen LogP) is 3.96. The normalized spacial score (nSPS) is 15.7. The number of rotatable bonds is 3. The third kappa shape index (κ3) is 3.24. The van der Waals surface area contributed by atoms with Crippen molar-refractivity contribution in [1.29, 1.82) is 0 Å². The molecular weight excluding hydrogens is 414 g/mol. The maximum atomic E-state index is 12.7. The number of halogens is 1. The van der Waals surface area contributed by atoms with Gasteiger partial charge in [0.15, 0.2) is 0 Å². The fourth-order valence-corrected chi connectivity index (χ4v) is 4.44. The minimum Gasteiger partial charge on any atom is -0.306 e. The summed E-state index contributed by atoms with van der Waals surface area (Å²) in [6.07, 6.45) is 0. The smallest absolute Gasteiger partial charge is 0.256 e. The molecule has 1 aliphatic rings. The van der Waals surface area contributed by atoms with Crippen molar-refractivity contribution in [3.8, 4) is 5.69 Å². The van der Waals surface area contributed by atoms with Gasteiger partial charge in [0.2, 0.25) is 0 Å². The highest BCUT2D eigenvalue weighted by Gasteiger charge is 2.28. The van der Waals surface area contributed by atoms with E-state index in [2.05, 4.69) is 26.3 Å². The van der Waals surface area contributed by atoms with E-state index in [1.165, 1.54) is 0 Å². The van der Waals surface area contributed by atoms with E-state index >= 15 is 0 Å². The molecule has 5 nitrogen and oxygen atoms in total. The second-order valence-corrected chi connectivity index (χ2v) is 8.58. The summed E-state index contributed by atoms with van der Waals surface area (Å²) in [5.74, 6) is 1.22. The molecule has 0 fully saturated rings. The number of amides is 1. The molecule has 7 heteroatoms. The molecule has 2 aromatic carbocycles. The number of benzene rings is 2. The maximum Gasteiger partial charge on any atom is 0.256 e. The Morgan fingerprint density at radius 2 is 1.81 bits per heavy atom. The minimum atomic E-state index is -0.963. The summed E-state index contributed by atoms with van der Waals surface area (Å²) in [4.78, 5) is 12.7. The van der Waals surface area contributed by atoms with Gasteiger partial charge in [-0.3, -0.25) is 9.00 Å². The molecule has 132 valence electrons. The van der Waals surface area contributed by atoms with Crippen LogP contribution in [0.3, 0.4) is 0 Å². The molecule has 0 saturated carbocycles. The number of hydrogen-bond donors (Lipinski definition) is 1. The molecule has 0 spiro atoms. The Morgan fingerprint density at radius 1 is 1.12 bits per heavy atom. The van der Waals surface area contributed by atoms with Gasteiger partial charge in [0.05, 0.1) is 22.9 Å². The summed E-state index contributed by atoms with van der Waals surface area (Å²) in [7, 11) is -0.963. The number of anilines is 1. The SMILES string of the molecule is Cc1ccc(-n2nc3c(c2NC(=O)c2ccc(Br)cc2)C[S@](=O)C3)cc1. The van der Waals surface area contributed by atoms with Gasteiger partial charge in [0, 0.05) is 26.4 Å². The molecule has 1 atom stereocenters. The average Bonchev–Trinajstić information content (AvgIpc) is 3.13. The van der Waals surface area contributed by atoms with Crippen LogP contribution in [0, 0.1) is 6.92 Å². The predicted molar refractivity (Wildman–Crippen MR) is 106 cm³/mol. The number of aromatic nitrogens is 2. The number of aryl methyl sites for hydroxylation is 1. The molecule has 26 heavy (non-hydrogen) atoms. The molecule has 0 radical (unpaired) electrons. The third-order valence-corrected chi connectivity index (χ3v) is 6.02. The quantitative estimate of drug-likeness (QED) is 0.684. The second kappa shape index (κ2) is 6.81. The maximum absolute atomic E-state index is 12.7. The highest BCUT2D eigenvalue weighted by Crippen LogP contribution is 2.31. The van der Waals surface area contributed by atoms with Gasteiger partial charge in [-0.15, -0.1) is 0 Å². The summed E-state index contributed by atoms with van der Waals surface area (Å²) in [6, 6.07) is 15.1. The number of fused-ring (bicyclic) bond motifs is 1. The van der Waals surface area contributed by atoms with E-state index in [1.807, 2.05) is 43.3 Å². The van der Waals surface area contributed by atoms with Crippen LogP contribution in [0.15, 0.2) is 53.0 Å². The zero-order chi connectivity index (χ0) is 18.3. The Morgan fingerprint density at radius 3 is 2.50 bits per heavy atom. The Bertz CT molecular complexity index is 1010. The van der Waals surface area contributed by atoms with Crippen LogP contribution in [0.2, 0.25) is 0 Å². The first-order valence-electron chi connectivity index (χ1n) is 8.11. The van der Waals surface area contributed by atoms with Crippen LogP contribution in [0.4, 0.5) is 5.82 Å². The number of carbonyl (C=O) groups is 1. The van der Waals surface area contributed by atoms with Crippen LogP contribution >= 0.6 is 15.9 Å². The molecule has 3 aromatic rings. The molecular formula is C19H16BrN3O2S. The number of nitrogens with one attached hydrogen (secondary N) is 1. The molecule has 0 saturated heterocycles. The van der Waals surface area contributed by atoms with E-state index in [-0.39, 0.29) is 5.91 Å². The number of nitrogens with zero attached hydrogens (tertiary/aromatic N) is 2. The highest BCUT2D eigenvalue weighted by atomic mass is 79.9. The topological polar surface area (TPSA) is 64.0 Å². The minimum absolute atomic E-state index is 0.216. The van der Waals surface area contributed by atoms with Gasteiger partial charge < -0.3 is 5.32 Å². The van der Waals surface area contributed by atoms with Crippen LogP contribution in [-0.4, -0.2) is 19.9 Å². The summed E-state index contributed by atoms with van der Waals surface area (Å²) in [5.41, 5.74) is 4.21. The van der Waals surface area contributed by atoms with Gasteiger partial charge in [-0.05, 0) is 43.3 Å². The van der Waals surface area contributed by atoms with Crippen molar-refractivity contribution in [1.82, 2.24) is 9.78 Å². The van der Waals surface area contributed by atoms with E-state index < -0.39 is 10.8 Å². The van der Waals surface area contributed by atoms with Crippen molar-refractivity contribution >= 4 is 38.5 Å². The van der Waals surface area contributed by atoms with E-state index in [4.69, 9.17) is 0 Å². The average molecular weight is 430 g/mol. The van der Waals surface area contributed by atoms with Crippen LogP contribution < -0.4 is 5.32 Å². The lowest BCUT2D eigenvalue weighted by Gasteiger charge is -2.11. The van der Waals surface area contributed by atoms with Crippen molar-refractivity contribution < 1.29 is 9.00 Å². The monoisotopic (exact) mass is 429 g/mol. The Kier molecular flexibility index (Phi) is 4.50. The van der Waals surface area contributed by atoms with Crippen molar-refractivity contribution in [3.63, 3.8) is 0 Å². The van der Waals surface area contributed by atoms with Crippen molar-refractivity contribution in [3.05, 3.63) is 75.4 Å². The van der Waals surface area contributed by atoms with Gasteiger partial charge in [0.25, 0.3) is 5.91 Å². The fraction of sp³-hybridized carbons (Fsp3) is 0.158. The number of carbonyl (C=O) groups excluding carboxylic acids is 1. The van der Waals surface area contributed by atoms with Crippen LogP contribution in [0.1, 0.15) is 27.2 Å². The molecule has 0 unspecified atom stereocenters. The Balaban J connectivity index is 1.74. The molecule has 4 rings (SSSR count). The summed E-state index contributed by atoms with van der Waals surface area (Å²) in [5, 5.41) is 7.58. The van der Waals surface area contributed by atoms with Crippen molar-refractivity contribution in [2.24, 2.45) is 0 Å². The molecule has 2 heterocycles. The van der Waals surface area contributed by atoms with Gasteiger partial charge >= 0.3 is 0 Å². The first-order valence-corrected chi connectivity index (χ1v) is 10.4. The van der Waals surface area contributed by atoms with Crippen molar-refractivity contribution in [2.45, 2.75) is 18.4 Å². The molecule has 0 bridgehead atoms. The largest absolute Gasteiger partial charge is 0.306 e. The zero-order valence-electron chi connectivity index (χ0n) is 14.0. The Hall–Kier alpha value is -2.25. The first kappa shape index (κ1) is 17.2. The standard InChI is InChI=1S/C19H16BrN3O2S/c1-12-2-8-15(9-3-12)23-18(16-10-26(25)11-17(16)22-23)21-19(24)13-4-6-14(20)7-5-13/h2-9H,10-11H2,1H3,(H,21,24)/t26-/m0/s1. The van der Waals surface area contributed by atoms with Crippen LogP contribution in [0.5, 0.6) is 0 Å². The van der Waals surface area contributed by atoms with E-state index in [9.17, 15) is 9.00 Å². The molecule has 0 aliphatic carbocycles. The zero-order valence-corrected chi connectivity index (χ0v) is 16.4. The van der Waals surface area contributed by atoms with Gasteiger partial charge in [0.1, 0.15) is 5.82 Å². The van der Waals surface area contributed by atoms with Gasteiger partial charge in [-0.2, -0.15) is 5.10 Å². The summed E-state index contributed by atoms with van der Waals surface area (Å²) < 4.78 is 14.6. The molecule has 1 aliphatic heterocycles. The fourth-order valence-electron chi connectivity index (χ4n) is 2.91. The summed E-state index contributed by atoms with van der Waals surface area (Å²) >= 11 is 3.37. The lowest BCUT2D eigenvalue weighted by Crippen LogP contribution is -2.16. The van der Waals surface area contributed by atoms with Crippen molar-refractivity contribution in [2.75, 3.05) is 5.32 Å². The van der Waals surface area contributed by atoms with E-state index in [0.29, 0.717) is 22.9 Å². The molecule has 1 amide bonds.